The van der Waals surface area contributed by atoms with E-state index in [9.17, 15) is 4.79 Å². The number of hydrogen-bond donors (Lipinski definition) is 2. The minimum Gasteiger partial charge on any atom is -0.375 e. The van der Waals surface area contributed by atoms with E-state index in [4.69, 9.17) is 17.3 Å². The molecule has 2 rings (SSSR count). The van der Waals surface area contributed by atoms with Gasteiger partial charge < -0.3 is 11.1 Å². The van der Waals surface area contributed by atoms with Gasteiger partial charge in [-0.05, 0) is 24.6 Å². The molecule has 1 aromatic carbocycles. The molecule has 3 N–H and O–H groups in total. The molecule has 0 saturated carbocycles. The number of benzene rings is 1. The maximum absolute atomic E-state index is 11.8. The molecule has 100 valence electrons. The van der Waals surface area contributed by atoms with E-state index in [0.717, 1.165) is 15.5 Å². The van der Waals surface area contributed by atoms with Gasteiger partial charge in [0.2, 0.25) is 5.91 Å². The molecule has 0 saturated heterocycles. The number of aromatic nitrogens is 1. The Morgan fingerprint density at radius 3 is 3.05 bits per heavy atom. The number of thiazole rings is 1. The first-order chi connectivity index (χ1) is 9.06. The molecule has 0 atom stereocenters. The van der Waals surface area contributed by atoms with Crippen LogP contribution in [-0.4, -0.2) is 16.6 Å². The highest BCUT2D eigenvalue weighted by atomic mass is 35.5. The number of carbonyl (C=O) groups excluding carboxylic acids is 1. The summed E-state index contributed by atoms with van der Waals surface area (Å²) >= 11 is 8.78. The van der Waals surface area contributed by atoms with Gasteiger partial charge in [0, 0.05) is 10.7 Å². The zero-order valence-corrected chi connectivity index (χ0v) is 12.5. The van der Waals surface area contributed by atoms with Crippen LogP contribution in [0.1, 0.15) is 5.56 Å². The van der Waals surface area contributed by atoms with Gasteiger partial charge in [-0.1, -0.05) is 29.0 Å². The summed E-state index contributed by atoms with van der Waals surface area (Å²) in [4.78, 5) is 15.8. The summed E-state index contributed by atoms with van der Waals surface area (Å²) in [6, 6.07) is 5.43. The van der Waals surface area contributed by atoms with Gasteiger partial charge >= 0.3 is 0 Å². The molecular weight excluding hydrogens is 302 g/mol. The first-order valence-electron chi connectivity index (χ1n) is 5.45. The van der Waals surface area contributed by atoms with Gasteiger partial charge in [0.15, 0.2) is 5.13 Å². The van der Waals surface area contributed by atoms with Gasteiger partial charge in [-0.25, -0.2) is 4.98 Å². The SMILES string of the molecule is Cc1c(Cl)cccc1NC(=O)CSc1cnc(N)s1. The number of carbonyl (C=O) groups is 1. The van der Waals surface area contributed by atoms with Gasteiger partial charge in [0.05, 0.1) is 16.2 Å². The number of thioether (sulfide) groups is 1. The topological polar surface area (TPSA) is 68.0 Å². The summed E-state index contributed by atoms with van der Waals surface area (Å²) in [6.45, 7) is 1.87. The van der Waals surface area contributed by atoms with Crippen LogP contribution in [0.25, 0.3) is 0 Å². The van der Waals surface area contributed by atoms with E-state index in [2.05, 4.69) is 10.3 Å². The van der Waals surface area contributed by atoms with Crippen LogP contribution in [-0.2, 0) is 4.79 Å². The number of anilines is 2. The molecular formula is C12H12ClN3OS2. The fraction of sp³-hybridized carbons (Fsp3) is 0.167. The van der Waals surface area contributed by atoms with E-state index in [1.54, 1.807) is 12.3 Å². The minimum atomic E-state index is -0.0812. The highest BCUT2D eigenvalue weighted by Gasteiger charge is 2.08. The number of rotatable bonds is 4. The second-order valence-electron chi connectivity index (χ2n) is 3.77. The summed E-state index contributed by atoms with van der Waals surface area (Å²) in [5.41, 5.74) is 7.13. The molecule has 0 radical (unpaired) electrons. The Morgan fingerprint density at radius 1 is 1.58 bits per heavy atom. The lowest BCUT2D eigenvalue weighted by molar-refractivity contribution is -0.113. The van der Waals surface area contributed by atoms with Gasteiger partial charge in [-0.3, -0.25) is 4.79 Å². The van der Waals surface area contributed by atoms with Crippen LogP contribution in [0.15, 0.2) is 28.6 Å². The molecule has 1 heterocycles. The summed E-state index contributed by atoms with van der Waals surface area (Å²) in [5, 5.41) is 3.98. The third kappa shape index (κ3) is 3.86. The van der Waals surface area contributed by atoms with Crippen molar-refractivity contribution in [3.05, 3.63) is 35.0 Å². The second kappa shape index (κ2) is 6.27. The number of nitrogens with one attached hydrogen (secondary N) is 1. The van der Waals surface area contributed by atoms with Crippen LogP contribution < -0.4 is 11.1 Å². The van der Waals surface area contributed by atoms with Crippen molar-refractivity contribution < 1.29 is 4.79 Å². The summed E-state index contributed by atoms with van der Waals surface area (Å²) in [5.74, 6) is 0.232. The van der Waals surface area contributed by atoms with E-state index in [1.807, 2.05) is 19.1 Å². The van der Waals surface area contributed by atoms with Crippen LogP contribution in [0.5, 0.6) is 0 Å². The van der Waals surface area contributed by atoms with Gasteiger partial charge in [0.1, 0.15) is 0 Å². The van der Waals surface area contributed by atoms with Crippen molar-refractivity contribution in [3.8, 4) is 0 Å². The molecule has 0 fully saturated rings. The third-order valence-corrected chi connectivity index (χ3v) is 4.82. The van der Waals surface area contributed by atoms with Crippen molar-refractivity contribution in [1.82, 2.24) is 4.98 Å². The lowest BCUT2D eigenvalue weighted by Crippen LogP contribution is -2.14. The number of hydrogen-bond acceptors (Lipinski definition) is 5. The zero-order valence-electron chi connectivity index (χ0n) is 10.1. The highest BCUT2D eigenvalue weighted by Crippen LogP contribution is 2.27. The maximum Gasteiger partial charge on any atom is 0.234 e. The first kappa shape index (κ1) is 14.2. The first-order valence-corrected chi connectivity index (χ1v) is 7.63. The quantitative estimate of drug-likeness (QED) is 0.849. The van der Waals surface area contributed by atoms with Crippen molar-refractivity contribution in [2.24, 2.45) is 0 Å². The minimum absolute atomic E-state index is 0.0812. The summed E-state index contributed by atoms with van der Waals surface area (Å²) in [7, 11) is 0. The molecule has 0 unspecified atom stereocenters. The summed E-state index contributed by atoms with van der Waals surface area (Å²) in [6.07, 6.45) is 1.67. The van der Waals surface area contributed by atoms with E-state index in [-0.39, 0.29) is 5.91 Å². The molecule has 0 bridgehead atoms. The zero-order chi connectivity index (χ0) is 13.8. The predicted octanol–water partition coefficient (Wildman–Crippen LogP) is 3.42. The lowest BCUT2D eigenvalue weighted by Gasteiger charge is -2.08. The fourth-order valence-electron chi connectivity index (χ4n) is 1.40. The Morgan fingerprint density at radius 2 is 2.37 bits per heavy atom. The molecule has 7 heteroatoms. The molecule has 1 aromatic heterocycles. The monoisotopic (exact) mass is 313 g/mol. The Kier molecular flexibility index (Phi) is 4.68. The van der Waals surface area contributed by atoms with Crippen LogP contribution in [0.2, 0.25) is 5.02 Å². The number of nitrogens with zero attached hydrogens (tertiary/aromatic N) is 1. The maximum atomic E-state index is 11.8. The average Bonchev–Trinajstić information content (AvgIpc) is 2.78. The number of amides is 1. The fourth-order valence-corrected chi connectivity index (χ4v) is 3.14. The highest BCUT2D eigenvalue weighted by molar-refractivity contribution is 8.01. The van der Waals surface area contributed by atoms with Crippen molar-refractivity contribution in [2.45, 2.75) is 11.1 Å². The van der Waals surface area contributed by atoms with Crippen LogP contribution >= 0.6 is 34.7 Å². The van der Waals surface area contributed by atoms with Crippen molar-refractivity contribution in [1.29, 1.82) is 0 Å². The molecule has 0 aliphatic heterocycles. The molecule has 0 aliphatic rings. The Labute approximate surface area is 124 Å². The Hall–Kier alpha value is -1.24. The van der Waals surface area contributed by atoms with E-state index in [1.165, 1.54) is 23.1 Å². The smallest absolute Gasteiger partial charge is 0.234 e. The van der Waals surface area contributed by atoms with Crippen LogP contribution in [0, 0.1) is 6.92 Å². The van der Waals surface area contributed by atoms with E-state index in [0.29, 0.717) is 15.9 Å². The molecule has 2 aromatic rings. The Bertz CT molecular complexity index is 600. The van der Waals surface area contributed by atoms with Crippen LogP contribution in [0.4, 0.5) is 10.8 Å². The molecule has 4 nitrogen and oxygen atoms in total. The van der Waals surface area contributed by atoms with Crippen molar-refractivity contribution in [3.63, 3.8) is 0 Å². The number of nitrogen functional groups attached to an aromatic ring is 1. The van der Waals surface area contributed by atoms with Crippen molar-refractivity contribution >= 4 is 51.4 Å². The molecule has 0 spiro atoms. The molecule has 19 heavy (non-hydrogen) atoms. The normalized spacial score (nSPS) is 10.4. The van der Waals surface area contributed by atoms with Crippen LogP contribution in [0.3, 0.4) is 0 Å². The van der Waals surface area contributed by atoms with Gasteiger partial charge in [-0.15, -0.1) is 11.8 Å². The average molecular weight is 314 g/mol. The standard InChI is InChI=1S/C12H12ClN3OS2/c1-7-8(13)3-2-4-9(7)16-10(17)6-18-11-5-15-12(14)19-11/h2-5H,6H2,1H3,(H2,14,15)(H,16,17). The Balaban J connectivity index is 1.92. The third-order valence-electron chi connectivity index (χ3n) is 2.39. The second-order valence-corrected chi connectivity index (χ2v) is 6.51. The molecule has 1 amide bonds. The largest absolute Gasteiger partial charge is 0.375 e. The number of halogens is 1. The van der Waals surface area contributed by atoms with Gasteiger partial charge in [0.25, 0.3) is 0 Å². The molecule has 0 aliphatic carbocycles. The van der Waals surface area contributed by atoms with E-state index >= 15 is 0 Å². The predicted molar refractivity (Wildman–Crippen MR) is 82.1 cm³/mol. The van der Waals surface area contributed by atoms with Gasteiger partial charge in [-0.2, -0.15) is 0 Å². The van der Waals surface area contributed by atoms with E-state index < -0.39 is 0 Å². The number of nitrogens with two attached hydrogens (primary N) is 1. The summed E-state index contributed by atoms with van der Waals surface area (Å²) < 4.78 is 0.926. The van der Waals surface area contributed by atoms with Crippen molar-refractivity contribution in [2.75, 3.05) is 16.8 Å². The lowest BCUT2D eigenvalue weighted by atomic mass is 10.2.